The van der Waals surface area contributed by atoms with Gasteiger partial charge in [-0.3, -0.25) is 4.90 Å². The summed E-state index contributed by atoms with van der Waals surface area (Å²) in [6, 6.07) is 0.427. The van der Waals surface area contributed by atoms with Crippen LogP contribution in [-0.4, -0.2) is 37.1 Å². The Morgan fingerprint density at radius 3 is 2.33 bits per heavy atom. The fraction of sp³-hybridized carbons (Fsp3) is 0.750. The number of nitrogens with zero attached hydrogens (tertiary/aromatic N) is 1. The number of carbonyl (C=O) groups is 1. The van der Waals surface area contributed by atoms with Crippen LogP contribution in [0.4, 0.5) is 0 Å². The van der Waals surface area contributed by atoms with Crippen LogP contribution in [0.3, 0.4) is 0 Å². The van der Waals surface area contributed by atoms with Crippen LogP contribution in [0.1, 0.15) is 27.7 Å². The molecule has 0 spiro atoms. The minimum absolute atomic E-state index is 0.291. The van der Waals surface area contributed by atoms with Gasteiger partial charge in [0.05, 0.1) is 6.61 Å². The van der Waals surface area contributed by atoms with Crippen molar-refractivity contribution in [3.63, 3.8) is 0 Å². The Bertz CT molecular complexity index is 224. The molecule has 0 aliphatic heterocycles. The van der Waals surface area contributed by atoms with E-state index < -0.39 is 0 Å². The van der Waals surface area contributed by atoms with Gasteiger partial charge in [0, 0.05) is 18.2 Å². The Morgan fingerprint density at radius 2 is 1.93 bits per heavy atom. The van der Waals surface area contributed by atoms with E-state index in [1.807, 2.05) is 7.05 Å². The first-order chi connectivity index (χ1) is 6.90. The van der Waals surface area contributed by atoms with E-state index in [2.05, 4.69) is 32.3 Å². The maximum atomic E-state index is 11.3. The zero-order chi connectivity index (χ0) is 12.0. The molecule has 1 atom stereocenters. The Kier molecular flexibility index (Phi) is 6.25. The monoisotopic (exact) mass is 213 g/mol. The zero-order valence-electron chi connectivity index (χ0n) is 10.5. The fourth-order valence-electron chi connectivity index (χ4n) is 1.25. The van der Waals surface area contributed by atoms with Crippen LogP contribution in [0.2, 0.25) is 0 Å². The molecule has 0 aromatic heterocycles. The van der Waals surface area contributed by atoms with Gasteiger partial charge in [-0.25, -0.2) is 4.79 Å². The molecule has 0 saturated heterocycles. The second-order valence-electron chi connectivity index (χ2n) is 4.22. The standard InChI is InChI=1S/C12H23NO2/c1-7-15-12(14)10(4)8-13(6)11(5)9(2)3/h9,11H,4,7-8H2,1-3,5-6H3. The molecule has 1 unspecified atom stereocenters. The predicted molar refractivity (Wildman–Crippen MR) is 62.7 cm³/mol. The summed E-state index contributed by atoms with van der Waals surface area (Å²) in [5.74, 6) is 0.269. The highest BCUT2D eigenvalue weighted by atomic mass is 16.5. The van der Waals surface area contributed by atoms with Gasteiger partial charge in [0.2, 0.25) is 0 Å². The number of carbonyl (C=O) groups excluding carboxylic acids is 1. The molecule has 0 aliphatic rings. The summed E-state index contributed by atoms with van der Waals surface area (Å²) in [7, 11) is 2.00. The maximum absolute atomic E-state index is 11.3. The first kappa shape index (κ1) is 14.2. The number of rotatable bonds is 6. The van der Waals surface area contributed by atoms with Gasteiger partial charge < -0.3 is 4.74 Å². The van der Waals surface area contributed by atoms with E-state index in [9.17, 15) is 4.79 Å². The number of esters is 1. The van der Waals surface area contributed by atoms with Crippen molar-refractivity contribution in [1.82, 2.24) is 4.90 Å². The molecule has 0 rings (SSSR count). The van der Waals surface area contributed by atoms with E-state index in [4.69, 9.17) is 4.74 Å². The zero-order valence-corrected chi connectivity index (χ0v) is 10.5. The van der Waals surface area contributed by atoms with Gasteiger partial charge in [-0.05, 0) is 26.8 Å². The largest absolute Gasteiger partial charge is 0.463 e. The molecule has 88 valence electrons. The summed E-state index contributed by atoms with van der Waals surface area (Å²) in [5, 5.41) is 0. The number of hydrogen-bond acceptors (Lipinski definition) is 3. The van der Waals surface area contributed by atoms with Crippen molar-refractivity contribution in [1.29, 1.82) is 0 Å². The van der Waals surface area contributed by atoms with E-state index in [0.717, 1.165) is 0 Å². The summed E-state index contributed by atoms with van der Waals surface area (Å²) in [6.07, 6.45) is 0. The first-order valence-corrected chi connectivity index (χ1v) is 5.45. The molecule has 0 N–H and O–H groups in total. The maximum Gasteiger partial charge on any atom is 0.334 e. The average Bonchev–Trinajstić information content (AvgIpc) is 2.16. The van der Waals surface area contributed by atoms with E-state index in [1.54, 1.807) is 6.92 Å². The summed E-state index contributed by atoms with van der Waals surface area (Å²) in [6.45, 7) is 13.0. The molecule has 0 bridgehead atoms. The second-order valence-corrected chi connectivity index (χ2v) is 4.22. The number of hydrogen-bond donors (Lipinski definition) is 0. The normalized spacial score (nSPS) is 13.0. The Morgan fingerprint density at radius 1 is 1.40 bits per heavy atom. The highest BCUT2D eigenvalue weighted by Gasteiger charge is 2.16. The fourth-order valence-corrected chi connectivity index (χ4v) is 1.25. The van der Waals surface area contributed by atoms with E-state index >= 15 is 0 Å². The van der Waals surface area contributed by atoms with Crippen LogP contribution in [-0.2, 0) is 9.53 Å². The molecule has 15 heavy (non-hydrogen) atoms. The van der Waals surface area contributed by atoms with E-state index in [1.165, 1.54) is 0 Å². The van der Waals surface area contributed by atoms with Crippen molar-refractivity contribution < 1.29 is 9.53 Å². The van der Waals surface area contributed by atoms with E-state index in [-0.39, 0.29) is 5.97 Å². The van der Waals surface area contributed by atoms with Crippen LogP contribution < -0.4 is 0 Å². The minimum Gasteiger partial charge on any atom is -0.463 e. The summed E-state index contributed by atoms with van der Waals surface area (Å²) >= 11 is 0. The Balaban J connectivity index is 4.12. The lowest BCUT2D eigenvalue weighted by atomic mass is 10.0. The molecule has 3 heteroatoms. The lowest BCUT2D eigenvalue weighted by Gasteiger charge is -2.27. The molecule has 0 heterocycles. The summed E-state index contributed by atoms with van der Waals surface area (Å²) in [5.41, 5.74) is 0.520. The van der Waals surface area contributed by atoms with Gasteiger partial charge in [0.15, 0.2) is 0 Å². The van der Waals surface area contributed by atoms with Gasteiger partial charge in [-0.15, -0.1) is 0 Å². The third-order valence-corrected chi connectivity index (χ3v) is 2.66. The topological polar surface area (TPSA) is 29.5 Å². The average molecular weight is 213 g/mol. The third kappa shape index (κ3) is 4.98. The van der Waals surface area contributed by atoms with Crippen molar-refractivity contribution >= 4 is 5.97 Å². The predicted octanol–water partition coefficient (Wildman–Crippen LogP) is 2.08. The van der Waals surface area contributed by atoms with Crippen molar-refractivity contribution in [2.75, 3.05) is 20.2 Å². The van der Waals surface area contributed by atoms with Gasteiger partial charge in [0.25, 0.3) is 0 Å². The summed E-state index contributed by atoms with van der Waals surface area (Å²) in [4.78, 5) is 13.4. The second kappa shape index (κ2) is 6.62. The molecule has 0 aromatic carbocycles. The van der Waals surface area contributed by atoms with Crippen LogP contribution >= 0.6 is 0 Å². The SMILES string of the molecule is C=C(CN(C)C(C)C(C)C)C(=O)OCC. The molecule has 3 nitrogen and oxygen atoms in total. The summed E-state index contributed by atoms with van der Waals surface area (Å²) < 4.78 is 4.88. The van der Waals surface area contributed by atoms with E-state index in [0.29, 0.717) is 30.7 Å². The van der Waals surface area contributed by atoms with Crippen molar-refractivity contribution in [2.24, 2.45) is 5.92 Å². The number of likely N-dealkylation sites (N-methyl/N-ethyl adjacent to an activating group) is 1. The molecule has 0 aliphatic carbocycles. The van der Waals surface area contributed by atoms with Crippen LogP contribution in [0.5, 0.6) is 0 Å². The molecule has 0 saturated carbocycles. The molecule has 0 amide bonds. The van der Waals surface area contributed by atoms with Gasteiger partial charge in [0.1, 0.15) is 0 Å². The molecular formula is C12H23NO2. The highest BCUT2D eigenvalue weighted by molar-refractivity contribution is 5.88. The van der Waals surface area contributed by atoms with Crippen LogP contribution in [0.15, 0.2) is 12.2 Å². The smallest absolute Gasteiger partial charge is 0.334 e. The van der Waals surface area contributed by atoms with Crippen LogP contribution in [0.25, 0.3) is 0 Å². The molecule has 0 aromatic rings. The van der Waals surface area contributed by atoms with Gasteiger partial charge in [-0.2, -0.15) is 0 Å². The Hall–Kier alpha value is -0.830. The third-order valence-electron chi connectivity index (χ3n) is 2.66. The van der Waals surface area contributed by atoms with Gasteiger partial charge in [-0.1, -0.05) is 20.4 Å². The van der Waals surface area contributed by atoms with Crippen LogP contribution in [0, 0.1) is 5.92 Å². The Labute approximate surface area is 93.1 Å². The van der Waals surface area contributed by atoms with Crippen molar-refractivity contribution in [2.45, 2.75) is 33.7 Å². The lowest BCUT2D eigenvalue weighted by molar-refractivity contribution is -0.138. The van der Waals surface area contributed by atoms with Crippen molar-refractivity contribution in [3.8, 4) is 0 Å². The minimum atomic E-state index is -0.291. The highest BCUT2D eigenvalue weighted by Crippen LogP contribution is 2.10. The van der Waals surface area contributed by atoms with Crippen molar-refractivity contribution in [3.05, 3.63) is 12.2 Å². The quantitative estimate of drug-likeness (QED) is 0.500. The molecular weight excluding hydrogens is 190 g/mol. The number of ether oxygens (including phenoxy) is 1. The first-order valence-electron chi connectivity index (χ1n) is 5.45. The molecule has 0 radical (unpaired) electrons. The lowest BCUT2D eigenvalue weighted by Crippen LogP contribution is -2.35. The van der Waals surface area contributed by atoms with Gasteiger partial charge >= 0.3 is 5.97 Å². The molecule has 0 fully saturated rings.